The van der Waals surface area contributed by atoms with E-state index in [4.69, 9.17) is 4.42 Å². The van der Waals surface area contributed by atoms with Gasteiger partial charge in [-0.25, -0.2) is 0 Å². The second-order valence-corrected chi connectivity index (χ2v) is 4.79. The van der Waals surface area contributed by atoms with E-state index in [-0.39, 0.29) is 6.04 Å². The molecule has 17 heavy (non-hydrogen) atoms. The molecule has 1 unspecified atom stereocenters. The fourth-order valence-electron chi connectivity index (χ4n) is 2.19. The highest BCUT2D eigenvalue weighted by atomic mass is 16.4. The van der Waals surface area contributed by atoms with Crippen molar-refractivity contribution in [2.45, 2.75) is 57.5 Å². The third kappa shape index (κ3) is 3.43. The summed E-state index contributed by atoms with van der Waals surface area (Å²) in [6.45, 7) is 2.00. The summed E-state index contributed by atoms with van der Waals surface area (Å²) < 4.78 is 5.58. The molecule has 0 bridgehead atoms. The monoisotopic (exact) mass is 238 g/mol. The van der Waals surface area contributed by atoms with Crippen LogP contribution in [0.25, 0.3) is 0 Å². The first-order valence-corrected chi connectivity index (χ1v) is 6.57. The predicted octanol–water partition coefficient (Wildman–Crippen LogP) is 2.48. The van der Waals surface area contributed by atoms with Crippen LogP contribution >= 0.6 is 0 Å². The first kappa shape index (κ1) is 12.4. The van der Waals surface area contributed by atoms with Crippen molar-refractivity contribution in [2.24, 2.45) is 0 Å². The summed E-state index contributed by atoms with van der Waals surface area (Å²) in [7, 11) is 1.88. The van der Waals surface area contributed by atoms with Crippen LogP contribution in [0.3, 0.4) is 0 Å². The van der Waals surface area contributed by atoms with Gasteiger partial charge in [-0.3, -0.25) is 0 Å². The molecule has 5 heteroatoms. The van der Waals surface area contributed by atoms with Crippen molar-refractivity contribution in [1.29, 1.82) is 0 Å². The number of nitrogens with one attached hydrogen (secondary N) is 2. The molecule has 0 aromatic carbocycles. The lowest BCUT2D eigenvalue weighted by Gasteiger charge is -2.13. The van der Waals surface area contributed by atoms with Gasteiger partial charge in [0.25, 0.3) is 0 Å². The molecule has 96 valence electrons. The minimum absolute atomic E-state index is 0.104. The van der Waals surface area contributed by atoms with E-state index in [1.807, 2.05) is 14.0 Å². The van der Waals surface area contributed by atoms with E-state index >= 15 is 0 Å². The molecule has 0 aliphatic heterocycles. The molecule has 1 heterocycles. The minimum atomic E-state index is 0.104. The summed E-state index contributed by atoms with van der Waals surface area (Å²) in [4.78, 5) is 0. The van der Waals surface area contributed by atoms with Gasteiger partial charge in [-0.1, -0.05) is 30.8 Å². The van der Waals surface area contributed by atoms with Gasteiger partial charge in [0, 0.05) is 6.04 Å². The molecule has 1 aliphatic carbocycles. The van der Waals surface area contributed by atoms with Crippen molar-refractivity contribution in [1.82, 2.24) is 15.5 Å². The molecule has 1 aliphatic rings. The standard InChI is InChI=1S/C12H22N4O/c1-9(13-2)11-15-16-12(17-11)14-10-7-5-3-4-6-8-10/h9-10,13H,3-8H2,1-2H3,(H,14,16). The molecular formula is C12H22N4O. The third-order valence-electron chi connectivity index (χ3n) is 3.43. The van der Waals surface area contributed by atoms with Crippen LogP contribution in [0.4, 0.5) is 6.01 Å². The van der Waals surface area contributed by atoms with Crippen LogP contribution in [0.2, 0.25) is 0 Å². The summed E-state index contributed by atoms with van der Waals surface area (Å²) in [6.07, 6.45) is 7.71. The zero-order valence-electron chi connectivity index (χ0n) is 10.7. The van der Waals surface area contributed by atoms with Gasteiger partial charge >= 0.3 is 6.01 Å². The molecule has 1 aromatic heterocycles. The van der Waals surface area contributed by atoms with Crippen molar-refractivity contribution < 1.29 is 4.42 Å². The smallest absolute Gasteiger partial charge is 0.315 e. The fraction of sp³-hybridized carbons (Fsp3) is 0.833. The Hall–Kier alpha value is -1.10. The van der Waals surface area contributed by atoms with Crippen LogP contribution in [-0.2, 0) is 0 Å². The second-order valence-electron chi connectivity index (χ2n) is 4.79. The summed E-state index contributed by atoms with van der Waals surface area (Å²) in [5.74, 6) is 0.642. The van der Waals surface area contributed by atoms with Crippen LogP contribution in [0, 0.1) is 0 Å². The highest BCUT2D eigenvalue weighted by Crippen LogP contribution is 2.21. The average molecular weight is 238 g/mol. The lowest BCUT2D eigenvalue weighted by molar-refractivity contribution is 0.435. The molecule has 1 aromatic rings. The van der Waals surface area contributed by atoms with E-state index in [2.05, 4.69) is 20.8 Å². The molecule has 0 amide bonds. The zero-order chi connectivity index (χ0) is 12.1. The number of hydrogen-bond acceptors (Lipinski definition) is 5. The molecule has 1 atom stereocenters. The average Bonchev–Trinajstić information content (AvgIpc) is 2.65. The topological polar surface area (TPSA) is 63.0 Å². The normalized spacial score (nSPS) is 19.9. The molecule has 0 spiro atoms. The van der Waals surface area contributed by atoms with Gasteiger partial charge in [-0.05, 0) is 26.8 Å². The number of hydrogen-bond donors (Lipinski definition) is 2. The van der Waals surface area contributed by atoms with Crippen LogP contribution in [-0.4, -0.2) is 23.3 Å². The lowest BCUT2D eigenvalue weighted by Crippen LogP contribution is -2.18. The van der Waals surface area contributed by atoms with Crippen LogP contribution in [0.1, 0.15) is 57.4 Å². The van der Waals surface area contributed by atoms with E-state index in [9.17, 15) is 0 Å². The van der Waals surface area contributed by atoms with E-state index in [1.165, 1.54) is 38.5 Å². The van der Waals surface area contributed by atoms with Crippen molar-refractivity contribution in [3.63, 3.8) is 0 Å². The van der Waals surface area contributed by atoms with Gasteiger partial charge in [-0.15, -0.1) is 5.10 Å². The SMILES string of the molecule is CNC(C)c1nnc(NC2CCCCCC2)o1. The molecule has 0 radical (unpaired) electrons. The molecule has 1 saturated carbocycles. The van der Waals surface area contributed by atoms with Gasteiger partial charge in [0.05, 0.1) is 6.04 Å². The Labute approximate surface area is 102 Å². The molecule has 1 fully saturated rings. The molecule has 2 rings (SSSR count). The highest BCUT2D eigenvalue weighted by Gasteiger charge is 2.16. The number of nitrogens with zero attached hydrogens (tertiary/aromatic N) is 2. The van der Waals surface area contributed by atoms with Gasteiger partial charge in [0.1, 0.15) is 0 Å². The number of aromatic nitrogens is 2. The fourth-order valence-corrected chi connectivity index (χ4v) is 2.19. The molecule has 0 saturated heterocycles. The Kier molecular flexibility index (Phi) is 4.36. The predicted molar refractivity (Wildman–Crippen MR) is 66.9 cm³/mol. The van der Waals surface area contributed by atoms with E-state index in [1.54, 1.807) is 0 Å². The highest BCUT2D eigenvalue weighted by molar-refractivity contribution is 5.19. The van der Waals surface area contributed by atoms with E-state index in [0.29, 0.717) is 17.9 Å². The molecule has 2 N–H and O–H groups in total. The first-order valence-electron chi connectivity index (χ1n) is 6.57. The van der Waals surface area contributed by atoms with Gasteiger partial charge < -0.3 is 15.1 Å². The molecule has 5 nitrogen and oxygen atoms in total. The number of anilines is 1. The maximum absolute atomic E-state index is 5.58. The van der Waals surface area contributed by atoms with Crippen LogP contribution < -0.4 is 10.6 Å². The Balaban J connectivity index is 1.91. The lowest BCUT2D eigenvalue weighted by atomic mass is 10.1. The minimum Gasteiger partial charge on any atom is -0.406 e. The second kappa shape index (κ2) is 6.00. The largest absolute Gasteiger partial charge is 0.406 e. The van der Waals surface area contributed by atoms with Gasteiger partial charge in [-0.2, -0.15) is 0 Å². The Bertz CT molecular complexity index is 331. The van der Waals surface area contributed by atoms with E-state index in [0.717, 1.165) is 0 Å². The van der Waals surface area contributed by atoms with Gasteiger partial charge in [0.2, 0.25) is 5.89 Å². The number of rotatable bonds is 4. The Morgan fingerprint density at radius 1 is 1.18 bits per heavy atom. The van der Waals surface area contributed by atoms with Crippen molar-refractivity contribution in [3.05, 3.63) is 5.89 Å². The Morgan fingerprint density at radius 2 is 1.88 bits per heavy atom. The Morgan fingerprint density at radius 3 is 2.53 bits per heavy atom. The molecular weight excluding hydrogens is 216 g/mol. The van der Waals surface area contributed by atoms with E-state index < -0.39 is 0 Å². The summed E-state index contributed by atoms with van der Waals surface area (Å²) in [5.41, 5.74) is 0. The maximum Gasteiger partial charge on any atom is 0.315 e. The quantitative estimate of drug-likeness (QED) is 0.789. The van der Waals surface area contributed by atoms with Crippen molar-refractivity contribution >= 4 is 6.01 Å². The third-order valence-corrected chi connectivity index (χ3v) is 3.43. The summed E-state index contributed by atoms with van der Waals surface area (Å²) in [5, 5.41) is 14.5. The zero-order valence-corrected chi connectivity index (χ0v) is 10.7. The van der Waals surface area contributed by atoms with Gasteiger partial charge in [0.15, 0.2) is 0 Å². The van der Waals surface area contributed by atoms with Crippen LogP contribution in [0.15, 0.2) is 4.42 Å². The summed E-state index contributed by atoms with van der Waals surface area (Å²) in [6, 6.07) is 1.16. The first-order chi connectivity index (χ1) is 8.29. The van der Waals surface area contributed by atoms with Crippen molar-refractivity contribution in [3.8, 4) is 0 Å². The maximum atomic E-state index is 5.58. The van der Waals surface area contributed by atoms with Crippen LogP contribution in [0.5, 0.6) is 0 Å². The van der Waals surface area contributed by atoms with Crippen molar-refractivity contribution in [2.75, 3.05) is 12.4 Å². The summed E-state index contributed by atoms with van der Waals surface area (Å²) >= 11 is 0.